The summed E-state index contributed by atoms with van der Waals surface area (Å²) in [6.45, 7) is 22.0. The van der Waals surface area contributed by atoms with E-state index in [4.69, 9.17) is 14.4 Å². The van der Waals surface area contributed by atoms with E-state index in [1.54, 1.807) is 0 Å². The first-order chi connectivity index (χ1) is 28.1. The van der Waals surface area contributed by atoms with Crippen molar-refractivity contribution >= 4 is 32.4 Å². The summed E-state index contributed by atoms with van der Waals surface area (Å²) in [5.74, 6) is 2.59. The molecule has 0 aliphatic carbocycles. The number of hydrogen-bond acceptors (Lipinski definition) is 3. The summed E-state index contributed by atoms with van der Waals surface area (Å²) in [6, 6.07) is 33.4. The Morgan fingerprint density at radius 3 is 1.75 bits per heavy atom. The van der Waals surface area contributed by atoms with Crippen LogP contribution in [-0.2, 0) is 4.75 Å². The summed E-state index contributed by atoms with van der Waals surface area (Å²) in [5, 5.41) is 2.12. The molecule has 0 fully saturated rings. The summed E-state index contributed by atoms with van der Waals surface area (Å²) in [6.07, 6.45) is 9.60. The van der Waals surface area contributed by atoms with Crippen molar-refractivity contribution in [2.24, 2.45) is 0 Å². The van der Waals surface area contributed by atoms with Gasteiger partial charge in [0.15, 0.2) is 0 Å². The van der Waals surface area contributed by atoms with Gasteiger partial charge in [0.1, 0.15) is 22.8 Å². The van der Waals surface area contributed by atoms with Crippen molar-refractivity contribution in [2.45, 2.75) is 103 Å². The summed E-state index contributed by atoms with van der Waals surface area (Å²) < 4.78 is 28.9. The minimum absolute atomic E-state index is 0.204. The standard InChI is InChI=1S/C52H57FN4OS/c1-32(2)36-22-18-23-37(33(3)4)47(36)56-29-27-54-50(56)38-19-12-15-24-43(38)52(9,10)59(11,53)45-26-17-14-21-40(45)51-55-28-30-57(51)48-41(34(5)6)31-42(35(7)8)49-46(48)39-20-13-16-25-44(39)58-49/h12-35H,1-11H3. The van der Waals surface area contributed by atoms with Gasteiger partial charge in [0.25, 0.3) is 0 Å². The second kappa shape index (κ2) is 15.3. The van der Waals surface area contributed by atoms with Crippen molar-refractivity contribution in [1.29, 1.82) is 0 Å². The lowest BCUT2D eigenvalue weighted by atomic mass is 9.90. The molecule has 0 aliphatic rings. The maximum absolute atomic E-state index is 18.8. The largest absolute Gasteiger partial charge is 0.456 e. The second-order valence-corrected chi connectivity index (χ2v) is 20.8. The molecule has 0 saturated carbocycles. The lowest BCUT2D eigenvalue weighted by Crippen LogP contribution is -2.25. The zero-order chi connectivity index (χ0) is 42.0. The van der Waals surface area contributed by atoms with Gasteiger partial charge in [-0.05, 0) is 89.8 Å². The molecule has 0 amide bonds. The van der Waals surface area contributed by atoms with Gasteiger partial charge in [-0.3, -0.25) is 9.13 Å². The normalized spacial score (nSPS) is 14.0. The minimum atomic E-state index is -3.10. The van der Waals surface area contributed by atoms with Crippen molar-refractivity contribution in [3.05, 3.63) is 150 Å². The lowest BCUT2D eigenvalue weighted by Gasteiger charge is -2.44. The Bertz CT molecular complexity index is 2790. The lowest BCUT2D eigenvalue weighted by molar-refractivity contribution is 0.656. The Morgan fingerprint density at radius 1 is 0.593 bits per heavy atom. The first-order valence-corrected chi connectivity index (χ1v) is 22.9. The molecule has 7 heteroatoms. The molecule has 5 nitrogen and oxygen atoms in total. The van der Waals surface area contributed by atoms with Gasteiger partial charge in [0.2, 0.25) is 0 Å². The summed E-state index contributed by atoms with van der Waals surface area (Å²) in [4.78, 5) is 10.7. The van der Waals surface area contributed by atoms with Gasteiger partial charge < -0.3 is 4.42 Å². The third kappa shape index (κ3) is 6.62. The summed E-state index contributed by atoms with van der Waals surface area (Å²) in [7, 11) is -3.10. The average molecular weight is 805 g/mol. The number of imidazole rings is 2. The molecule has 8 aromatic rings. The monoisotopic (exact) mass is 804 g/mol. The molecule has 3 heterocycles. The molecule has 3 aromatic heterocycles. The Labute approximate surface area is 351 Å². The Kier molecular flexibility index (Phi) is 10.5. The van der Waals surface area contributed by atoms with Crippen molar-refractivity contribution in [3.63, 3.8) is 0 Å². The number of nitrogens with zero attached hydrogens (tertiary/aromatic N) is 4. The van der Waals surface area contributed by atoms with Crippen LogP contribution in [0.2, 0.25) is 0 Å². The van der Waals surface area contributed by atoms with Crippen molar-refractivity contribution in [3.8, 4) is 34.2 Å². The SMILES string of the molecule is CC(C)c1cccc(C(C)C)c1-n1ccnc1-c1ccccc1C(C)(C)S(C)(F)c1ccccc1-c1nccn1-c1c(C(C)C)cc(C(C)C)c2oc3ccccc3c12. The first-order valence-electron chi connectivity index (χ1n) is 21.0. The highest BCUT2D eigenvalue weighted by Crippen LogP contribution is 2.70. The van der Waals surface area contributed by atoms with Crippen LogP contribution in [0.3, 0.4) is 0 Å². The average Bonchev–Trinajstić information content (AvgIpc) is 3.99. The maximum Gasteiger partial charge on any atom is 0.145 e. The second-order valence-electron chi connectivity index (χ2n) is 17.7. The molecular formula is C52H57FN4OS. The van der Waals surface area contributed by atoms with Gasteiger partial charge in [-0.25, -0.2) is 9.97 Å². The maximum atomic E-state index is 18.8. The molecule has 0 bridgehead atoms. The van der Waals surface area contributed by atoms with Gasteiger partial charge in [-0.2, -0.15) is 3.89 Å². The van der Waals surface area contributed by atoms with Crippen molar-refractivity contribution in [2.75, 3.05) is 6.26 Å². The van der Waals surface area contributed by atoms with E-state index in [-0.39, 0.29) is 11.8 Å². The molecule has 59 heavy (non-hydrogen) atoms. The third-order valence-electron chi connectivity index (χ3n) is 12.3. The predicted octanol–water partition coefficient (Wildman–Crippen LogP) is 15.4. The molecular weight excluding hydrogens is 748 g/mol. The molecule has 8 rings (SSSR count). The zero-order valence-electron chi connectivity index (χ0n) is 36.3. The van der Waals surface area contributed by atoms with Gasteiger partial charge >= 0.3 is 0 Å². The highest BCUT2D eigenvalue weighted by Gasteiger charge is 2.43. The van der Waals surface area contributed by atoms with Crippen LogP contribution in [0, 0.1) is 0 Å². The van der Waals surface area contributed by atoms with E-state index in [2.05, 4.69) is 133 Å². The van der Waals surface area contributed by atoms with Crippen LogP contribution in [-0.4, -0.2) is 25.4 Å². The van der Waals surface area contributed by atoms with Crippen LogP contribution in [0.15, 0.2) is 131 Å². The van der Waals surface area contributed by atoms with Crippen molar-refractivity contribution in [1.82, 2.24) is 19.1 Å². The fourth-order valence-corrected chi connectivity index (χ4v) is 10.9. The third-order valence-corrected chi connectivity index (χ3v) is 15.7. The topological polar surface area (TPSA) is 48.8 Å². The highest BCUT2D eigenvalue weighted by atomic mass is 32.3. The molecule has 0 spiro atoms. The molecule has 0 N–H and O–H groups in total. The van der Waals surface area contributed by atoms with Crippen LogP contribution in [0.4, 0.5) is 3.89 Å². The molecule has 0 saturated heterocycles. The van der Waals surface area contributed by atoms with Crippen molar-refractivity contribution < 1.29 is 8.30 Å². The molecule has 304 valence electrons. The Hall–Kier alpha value is -5.40. The number of fused-ring (bicyclic) bond motifs is 3. The van der Waals surface area contributed by atoms with E-state index in [1.807, 2.05) is 73.4 Å². The van der Waals surface area contributed by atoms with Gasteiger partial charge in [0, 0.05) is 50.9 Å². The molecule has 0 aliphatic heterocycles. The van der Waals surface area contributed by atoms with Crippen LogP contribution < -0.4 is 0 Å². The molecule has 5 aromatic carbocycles. The van der Waals surface area contributed by atoms with Crippen LogP contribution in [0.25, 0.3) is 56.1 Å². The minimum Gasteiger partial charge on any atom is -0.456 e. The van der Waals surface area contributed by atoms with Crippen LogP contribution in [0.5, 0.6) is 0 Å². The van der Waals surface area contributed by atoms with E-state index in [0.29, 0.717) is 22.6 Å². The number of furan rings is 1. The predicted molar refractivity (Wildman–Crippen MR) is 248 cm³/mol. The summed E-state index contributed by atoms with van der Waals surface area (Å²) in [5.41, 5.74) is 11.4. The molecule has 1 atom stereocenters. The van der Waals surface area contributed by atoms with E-state index in [9.17, 15) is 0 Å². The van der Waals surface area contributed by atoms with E-state index >= 15 is 3.89 Å². The zero-order valence-corrected chi connectivity index (χ0v) is 37.2. The van der Waals surface area contributed by atoms with Crippen LogP contribution in [0.1, 0.15) is 121 Å². The number of aromatic nitrogens is 4. The number of halogens is 1. The highest BCUT2D eigenvalue weighted by molar-refractivity contribution is 8.29. The van der Waals surface area contributed by atoms with Gasteiger partial charge in [-0.1, -0.05) is 145 Å². The van der Waals surface area contributed by atoms with Gasteiger partial charge in [0.05, 0.1) is 16.8 Å². The fraction of sp³-hybridized carbons (Fsp3) is 0.308. The number of para-hydroxylation sites is 2. The van der Waals surface area contributed by atoms with E-state index < -0.39 is 15.2 Å². The number of benzene rings is 5. The quantitative estimate of drug-likeness (QED) is 0.131. The molecule has 1 unspecified atom stereocenters. The van der Waals surface area contributed by atoms with Crippen LogP contribution >= 0.6 is 10.4 Å². The first kappa shape index (κ1) is 40.4. The van der Waals surface area contributed by atoms with Gasteiger partial charge in [-0.15, -0.1) is 0 Å². The smallest absolute Gasteiger partial charge is 0.145 e. The Morgan fingerprint density at radius 2 is 1.12 bits per heavy atom. The number of rotatable bonds is 11. The van der Waals surface area contributed by atoms with E-state index in [1.165, 1.54) is 22.3 Å². The molecule has 0 radical (unpaired) electrons. The summed E-state index contributed by atoms with van der Waals surface area (Å²) >= 11 is 0. The van der Waals surface area contributed by atoms with E-state index in [0.717, 1.165) is 55.8 Å². The fourth-order valence-electron chi connectivity index (χ4n) is 8.88. The number of hydrogen-bond donors (Lipinski definition) is 0. The Balaban J connectivity index is 1.31.